The summed E-state index contributed by atoms with van der Waals surface area (Å²) in [6.07, 6.45) is 3.07. The van der Waals surface area contributed by atoms with E-state index in [1.54, 1.807) is 54.6 Å². The lowest BCUT2D eigenvalue weighted by molar-refractivity contribution is -0.139. The second kappa shape index (κ2) is 8.63. The quantitative estimate of drug-likeness (QED) is 0.354. The summed E-state index contributed by atoms with van der Waals surface area (Å²) in [4.78, 5) is 27.8. The fraction of sp³-hybridized carbons (Fsp3) is 0.100. The van der Waals surface area contributed by atoms with Gasteiger partial charge in [-0.05, 0) is 24.3 Å². The van der Waals surface area contributed by atoms with Crippen LogP contribution in [0.3, 0.4) is 0 Å². The van der Waals surface area contributed by atoms with Crippen LogP contribution in [-0.4, -0.2) is 33.4 Å². The van der Waals surface area contributed by atoms with Crippen LogP contribution >= 0.6 is 0 Å². The van der Waals surface area contributed by atoms with Gasteiger partial charge in [-0.15, -0.1) is 6.58 Å². The number of fused-ring (bicyclic) bond motifs is 1. The summed E-state index contributed by atoms with van der Waals surface area (Å²) in [6, 6.07) is 13.9. The zero-order valence-electron chi connectivity index (χ0n) is 14.9. The first kappa shape index (κ1) is 18.8. The molecule has 142 valence electrons. The molecule has 0 saturated heterocycles. The molecular weight excluding hydrogens is 360 g/mol. The Morgan fingerprint density at radius 3 is 2.79 bits per heavy atom. The van der Waals surface area contributed by atoms with Crippen LogP contribution in [0.5, 0.6) is 5.75 Å². The molecule has 0 unspecified atom stereocenters. The number of aromatic nitrogens is 2. The lowest BCUT2D eigenvalue weighted by Crippen LogP contribution is -2.23. The zero-order chi connectivity index (χ0) is 19.9. The van der Waals surface area contributed by atoms with E-state index in [1.807, 2.05) is 0 Å². The van der Waals surface area contributed by atoms with Crippen molar-refractivity contribution in [3.8, 4) is 5.75 Å². The van der Waals surface area contributed by atoms with E-state index in [9.17, 15) is 9.59 Å². The molecule has 0 amide bonds. The first-order valence-electron chi connectivity index (χ1n) is 8.43. The van der Waals surface area contributed by atoms with E-state index in [4.69, 9.17) is 9.84 Å². The number of hydrogen-bond acceptors (Lipinski definition) is 6. The summed E-state index contributed by atoms with van der Waals surface area (Å²) >= 11 is 0. The highest BCUT2D eigenvalue weighted by molar-refractivity contribution is 5.84. The van der Waals surface area contributed by atoms with Crippen molar-refractivity contribution in [3.63, 3.8) is 0 Å². The summed E-state index contributed by atoms with van der Waals surface area (Å²) in [6.45, 7) is 3.49. The molecular formula is C20H18N4O4. The molecule has 28 heavy (non-hydrogen) atoms. The number of carbonyl (C=O) groups is 1. The largest absolute Gasteiger partial charge is 0.481 e. The Morgan fingerprint density at radius 1 is 1.25 bits per heavy atom. The van der Waals surface area contributed by atoms with E-state index >= 15 is 0 Å². The van der Waals surface area contributed by atoms with Crippen LogP contribution in [0.1, 0.15) is 5.56 Å². The minimum atomic E-state index is -1.07. The van der Waals surface area contributed by atoms with Crippen LogP contribution in [0.2, 0.25) is 0 Å². The summed E-state index contributed by atoms with van der Waals surface area (Å²) in [7, 11) is 0. The maximum Gasteiger partial charge on any atom is 0.341 e. The van der Waals surface area contributed by atoms with Gasteiger partial charge >= 0.3 is 5.97 Å². The minimum absolute atomic E-state index is 0.201. The number of para-hydroxylation sites is 2. The van der Waals surface area contributed by atoms with Crippen molar-refractivity contribution in [1.82, 2.24) is 9.55 Å². The van der Waals surface area contributed by atoms with Crippen LogP contribution in [0.15, 0.2) is 71.1 Å². The number of hydrogen-bond donors (Lipinski definition) is 2. The summed E-state index contributed by atoms with van der Waals surface area (Å²) < 4.78 is 6.67. The number of aliphatic carboxylic acids is 1. The first-order chi connectivity index (χ1) is 13.6. The average molecular weight is 378 g/mol. The molecule has 0 bridgehead atoms. The van der Waals surface area contributed by atoms with Gasteiger partial charge < -0.3 is 9.84 Å². The highest BCUT2D eigenvalue weighted by atomic mass is 16.5. The number of carboxylic acid groups (broad SMARTS) is 1. The van der Waals surface area contributed by atoms with Gasteiger partial charge in [0.15, 0.2) is 6.61 Å². The highest BCUT2D eigenvalue weighted by Crippen LogP contribution is 2.16. The fourth-order valence-corrected chi connectivity index (χ4v) is 2.57. The highest BCUT2D eigenvalue weighted by Gasteiger charge is 2.09. The third-order valence-electron chi connectivity index (χ3n) is 3.81. The summed E-state index contributed by atoms with van der Waals surface area (Å²) in [5.41, 5.74) is 3.70. The van der Waals surface area contributed by atoms with Crippen LogP contribution in [0, 0.1) is 0 Å². The average Bonchev–Trinajstić information content (AvgIpc) is 2.70. The molecule has 0 radical (unpaired) electrons. The van der Waals surface area contributed by atoms with Gasteiger partial charge in [0, 0.05) is 12.1 Å². The lowest BCUT2D eigenvalue weighted by Gasteiger charge is -2.11. The number of allylic oxidation sites excluding steroid dienone is 1. The van der Waals surface area contributed by atoms with Gasteiger partial charge in [0.05, 0.1) is 17.1 Å². The van der Waals surface area contributed by atoms with E-state index < -0.39 is 12.6 Å². The Kier molecular flexibility index (Phi) is 5.81. The summed E-state index contributed by atoms with van der Waals surface area (Å²) in [5.74, 6) is -0.423. The summed E-state index contributed by atoms with van der Waals surface area (Å²) in [5, 5.41) is 13.4. The molecule has 0 spiro atoms. The number of nitrogens with one attached hydrogen (secondary N) is 1. The van der Waals surface area contributed by atoms with Crippen molar-refractivity contribution in [2.45, 2.75) is 6.54 Å². The second-order valence-electron chi connectivity index (χ2n) is 5.75. The molecule has 0 fully saturated rings. The molecule has 3 aromatic rings. The van der Waals surface area contributed by atoms with Crippen molar-refractivity contribution in [3.05, 3.63) is 77.1 Å². The number of anilines is 1. The Morgan fingerprint density at radius 2 is 2.00 bits per heavy atom. The van der Waals surface area contributed by atoms with Gasteiger partial charge in [-0.2, -0.15) is 5.10 Å². The van der Waals surface area contributed by atoms with E-state index in [-0.39, 0.29) is 18.1 Å². The maximum absolute atomic E-state index is 12.7. The molecule has 3 rings (SSSR count). The van der Waals surface area contributed by atoms with E-state index in [1.165, 1.54) is 10.8 Å². The normalized spacial score (nSPS) is 10.9. The van der Waals surface area contributed by atoms with Crippen LogP contribution in [-0.2, 0) is 11.3 Å². The first-order valence-corrected chi connectivity index (χ1v) is 8.43. The number of ether oxygens (including phenoxy) is 1. The van der Waals surface area contributed by atoms with Gasteiger partial charge in [0.1, 0.15) is 5.75 Å². The molecule has 2 aromatic carbocycles. The second-order valence-corrected chi connectivity index (χ2v) is 5.75. The molecule has 1 heterocycles. The molecule has 0 aliphatic rings. The molecule has 0 aliphatic carbocycles. The predicted molar refractivity (Wildman–Crippen MR) is 107 cm³/mol. The number of carboxylic acids is 1. The predicted octanol–water partition coefficient (Wildman–Crippen LogP) is 2.49. The Hall–Kier alpha value is -3.94. The molecule has 2 N–H and O–H groups in total. The number of benzene rings is 2. The molecule has 0 aliphatic heterocycles. The number of hydrazone groups is 1. The van der Waals surface area contributed by atoms with Crippen molar-refractivity contribution in [2.75, 3.05) is 12.0 Å². The van der Waals surface area contributed by atoms with E-state index in [0.717, 1.165) is 0 Å². The molecule has 8 nitrogen and oxygen atoms in total. The van der Waals surface area contributed by atoms with Gasteiger partial charge in [-0.1, -0.05) is 30.3 Å². The van der Waals surface area contributed by atoms with Gasteiger partial charge in [-0.25, -0.2) is 15.2 Å². The number of rotatable bonds is 8. The molecule has 1 aromatic heterocycles. The zero-order valence-corrected chi connectivity index (χ0v) is 14.9. The van der Waals surface area contributed by atoms with Crippen LogP contribution in [0.4, 0.5) is 5.95 Å². The van der Waals surface area contributed by atoms with E-state index in [0.29, 0.717) is 22.2 Å². The molecule has 8 heteroatoms. The molecule has 0 atom stereocenters. The third-order valence-corrected chi connectivity index (χ3v) is 3.81. The van der Waals surface area contributed by atoms with Crippen molar-refractivity contribution < 1.29 is 14.6 Å². The topological polar surface area (TPSA) is 106 Å². The SMILES string of the molecule is C=CCn1c(N/N=C/c2ccccc2OCC(=O)O)nc2ccccc2c1=O. The fourth-order valence-electron chi connectivity index (χ4n) is 2.57. The Bertz CT molecular complexity index is 1100. The monoisotopic (exact) mass is 378 g/mol. The standard InChI is InChI=1S/C20H18N4O4/c1-2-11-24-19(27)15-8-4-5-9-16(15)22-20(24)23-21-12-14-7-3-6-10-17(14)28-13-18(25)26/h2-10,12H,1,11,13H2,(H,22,23)(H,25,26)/b21-12+. The smallest absolute Gasteiger partial charge is 0.341 e. The minimum Gasteiger partial charge on any atom is -0.481 e. The van der Waals surface area contributed by atoms with Crippen molar-refractivity contribution >= 4 is 29.0 Å². The van der Waals surface area contributed by atoms with Crippen molar-refractivity contribution in [1.29, 1.82) is 0 Å². The van der Waals surface area contributed by atoms with Gasteiger partial charge in [0.2, 0.25) is 5.95 Å². The lowest BCUT2D eigenvalue weighted by atomic mass is 10.2. The maximum atomic E-state index is 12.7. The number of nitrogens with zero attached hydrogens (tertiary/aromatic N) is 3. The van der Waals surface area contributed by atoms with Crippen molar-refractivity contribution in [2.24, 2.45) is 5.10 Å². The van der Waals surface area contributed by atoms with Gasteiger partial charge in [0.25, 0.3) is 5.56 Å². The Labute approximate surface area is 160 Å². The third kappa shape index (κ3) is 4.24. The van der Waals surface area contributed by atoms with Gasteiger partial charge in [-0.3, -0.25) is 9.36 Å². The van der Waals surface area contributed by atoms with E-state index in [2.05, 4.69) is 22.1 Å². The van der Waals surface area contributed by atoms with Crippen LogP contribution < -0.4 is 15.7 Å². The van der Waals surface area contributed by atoms with Crippen LogP contribution in [0.25, 0.3) is 10.9 Å². The molecule has 0 saturated carbocycles. The Balaban J connectivity index is 1.89.